The fourth-order valence-electron chi connectivity index (χ4n) is 2.84. The van der Waals surface area contributed by atoms with Gasteiger partial charge in [0.25, 0.3) is 0 Å². The Labute approximate surface area is 167 Å². The van der Waals surface area contributed by atoms with E-state index in [9.17, 15) is 20.1 Å². The van der Waals surface area contributed by atoms with Gasteiger partial charge in [-0.25, -0.2) is 0 Å². The molecule has 0 spiro atoms. The van der Waals surface area contributed by atoms with Gasteiger partial charge in [0, 0.05) is 12.8 Å². The third kappa shape index (κ3) is 10.6. The van der Waals surface area contributed by atoms with Crippen LogP contribution in [-0.2, 0) is 9.53 Å². The Kier molecular flexibility index (Phi) is 12.4. The number of carboxylic acid groups (broad SMARTS) is 1. The molecule has 6 heteroatoms. The van der Waals surface area contributed by atoms with Gasteiger partial charge in [-0.1, -0.05) is 55.5 Å². The van der Waals surface area contributed by atoms with E-state index >= 15 is 0 Å². The van der Waals surface area contributed by atoms with Crippen molar-refractivity contribution >= 4 is 5.97 Å². The molecule has 1 fully saturated rings. The molecule has 1 rings (SSSR count). The predicted molar refractivity (Wildman–Crippen MR) is 109 cm³/mol. The van der Waals surface area contributed by atoms with Gasteiger partial charge in [0.2, 0.25) is 0 Å². The van der Waals surface area contributed by atoms with Gasteiger partial charge in [0.1, 0.15) is 6.10 Å². The molecule has 1 heterocycles. The minimum atomic E-state index is -0.849. The quantitative estimate of drug-likeness (QED) is 0.358. The minimum absolute atomic E-state index is 0.0683. The lowest BCUT2D eigenvalue weighted by Gasteiger charge is -2.16. The molecule has 0 radical (unpaired) electrons. The molecule has 5 atom stereocenters. The molecule has 28 heavy (non-hydrogen) atoms. The number of aliphatic carboxylic acids is 1. The highest BCUT2D eigenvalue weighted by atomic mass is 16.5. The molecule has 1 aliphatic heterocycles. The highest BCUT2D eigenvalue weighted by molar-refractivity contribution is 5.66. The lowest BCUT2D eigenvalue weighted by atomic mass is 10.0. The first-order valence-electron chi connectivity index (χ1n) is 9.98. The third-order valence-corrected chi connectivity index (χ3v) is 4.42. The monoisotopic (exact) mass is 394 g/mol. The van der Waals surface area contributed by atoms with E-state index in [2.05, 4.69) is 19.1 Å². The first-order chi connectivity index (χ1) is 13.4. The van der Waals surface area contributed by atoms with Gasteiger partial charge in [-0.05, 0) is 32.1 Å². The molecule has 4 N–H and O–H groups in total. The maximum absolute atomic E-state index is 10.4. The average Bonchev–Trinajstić information content (AvgIpc) is 3.03. The number of carboxylic acids is 1. The molecule has 1 saturated heterocycles. The fraction of sp³-hybridized carbons (Fsp3) is 0.591. The number of aliphatic hydroxyl groups excluding tert-OH is 3. The molecule has 6 nitrogen and oxygen atoms in total. The second-order valence-electron chi connectivity index (χ2n) is 6.92. The van der Waals surface area contributed by atoms with Gasteiger partial charge in [-0.2, -0.15) is 0 Å². The van der Waals surface area contributed by atoms with Crippen LogP contribution >= 0.6 is 0 Å². The molecule has 0 aromatic carbocycles. The van der Waals surface area contributed by atoms with E-state index in [1.165, 1.54) is 0 Å². The third-order valence-electron chi connectivity index (χ3n) is 4.42. The van der Waals surface area contributed by atoms with E-state index in [4.69, 9.17) is 9.84 Å². The zero-order chi connectivity index (χ0) is 20.8. The molecule has 1 aliphatic rings. The summed E-state index contributed by atoms with van der Waals surface area (Å²) in [5.74, 6) is -0.849. The van der Waals surface area contributed by atoms with Crippen molar-refractivity contribution in [2.24, 2.45) is 0 Å². The molecule has 0 aliphatic carbocycles. The van der Waals surface area contributed by atoms with Gasteiger partial charge in [-0.15, -0.1) is 0 Å². The second kappa shape index (κ2) is 14.3. The van der Waals surface area contributed by atoms with Crippen molar-refractivity contribution in [1.82, 2.24) is 0 Å². The molecule has 0 aromatic heterocycles. The molecular weight excluding hydrogens is 360 g/mol. The summed E-state index contributed by atoms with van der Waals surface area (Å²) in [6.45, 7) is 2.08. The molecule has 158 valence electrons. The highest BCUT2D eigenvalue weighted by Crippen LogP contribution is 2.25. The van der Waals surface area contributed by atoms with Crippen molar-refractivity contribution in [2.45, 2.75) is 82.4 Å². The standard InChI is InChI=1S/C22H34O6/c1-2-3-4-5-6-9-12-18(24)21-16-19(25)20(28-21)15-14-17(23)11-8-7-10-13-22(26)27/h3-4,6-9,14-15,17-21,23-25H,2,5,10-13,16H2,1H3,(H,26,27)/b4-3-,8-7-,9-6-,15-14+/t17-,18+,19-,20+,21+/m0/s1. The fourth-order valence-corrected chi connectivity index (χ4v) is 2.84. The Morgan fingerprint density at radius 1 is 1.11 bits per heavy atom. The predicted octanol–water partition coefficient (Wildman–Crippen LogP) is 2.90. The Balaban J connectivity index is 2.34. The maximum atomic E-state index is 10.4. The van der Waals surface area contributed by atoms with Crippen LogP contribution in [0.2, 0.25) is 0 Å². The SMILES string of the molecule is CC/C=C\C/C=C\C[C@@H](O)[C@H]1C[C@H](O)[C@@H](/C=C/[C@@H](O)C/C=C\CCC(=O)O)O1. The number of hydrogen-bond donors (Lipinski definition) is 4. The zero-order valence-electron chi connectivity index (χ0n) is 16.6. The topological polar surface area (TPSA) is 107 Å². The summed E-state index contributed by atoms with van der Waals surface area (Å²) >= 11 is 0. The van der Waals surface area contributed by atoms with Gasteiger partial charge < -0.3 is 25.2 Å². The van der Waals surface area contributed by atoms with Gasteiger partial charge in [-0.3, -0.25) is 4.79 Å². The van der Waals surface area contributed by atoms with Gasteiger partial charge >= 0.3 is 5.97 Å². The van der Waals surface area contributed by atoms with Crippen LogP contribution < -0.4 is 0 Å². The van der Waals surface area contributed by atoms with E-state index in [1.54, 1.807) is 24.3 Å². The van der Waals surface area contributed by atoms with E-state index in [1.807, 2.05) is 12.2 Å². The maximum Gasteiger partial charge on any atom is 0.303 e. The van der Waals surface area contributed by atoms with Crippen LogP contribution in [0.3, 0.4) is 0 Å². The van der Waals surface area contributed by atoms with Crippen LogP contribution in [0.25, 0.3) is 0 Å². The number of ether oxygens (including phenoxy) is 1. The minimum Gasteiger partial charge on any atom is -0.481 e. The summed E-state index contributed by atoms with van der Waals surface area (Å²) in [4.78, 5) is 10.4. The smallest absolute Gasteiger partial charge is 0.303 e. The van der Waals surface area contributed by atoms with Crippen molar-refractivity contribution in [1.29, 1.82) is 0 Å². The first kappa shape index (κ1) is 24.3. The number of allylic oxidation sites excluding steroid dienone is 4. The molecule has 0 amide bonds. The number of hydrogen-bond acceptors (Lipinski definition) is 5. The van der Waals surface area contributed by atoms with Crippen molar-refractivity contribution < 1.29 is 30.0 Å². The van der Waals surface area contributed by atoms with Crippen molar-refractivity contribution in [3.05, 3.63) is 48.6 Å². The summed E-state index contributed by atoms with van der Waals surface area (Å²) in [6.07, 6.45) is 15.1. The number of rotatable bonds is 13. The van der Waals surface area contributed by atoms with E-state index in [0.717, 1.165) is 12.8 Å². The van der Waals surface area contributed by atoms with Crippen LogP contribution in [-0.4, -0.2) is 56.9 Å². The Hall–Kier alpha value is -1.73. The number of aliphatic hydroxyl groups is 3. The highest BCUT2D eigenvalue weighted by Gasteiger charge is 2.35. The summed E-state index contributed by atoms with van der Waals surface area (Å²) in [7, 11) is 0. The van der Waals surface area contributed by atoms with Crippen LogP contribution in [0.4, 0.5) is 0 Å². The van der Waals surface area contributed by atoms with Crippen LogP contribution in [0.15, 0.2) is 48.6 Å². The Morgan fingerprint density at radius 2 is 1.82 bits per heavy atom. The van der Waals surface area contributed by atoms with Crippen LogP contribution in [0.5, 0.6) is 0 Å². The van der Waals surface area contributed by atoms with Crippen LogP contribution in [0, 0.1) is 0 Å². The van der Waals surface area contributed by atoms with E-state index in [0.29, 0.717) is 25.7 Å². The second-order valence-corrected chi connectivity index (χ2v) is 6.92. The normalized spacial score (nSPS) is 25.5. The largest absolute Gasteiger partial charge is 0.481 e. The Morgan fingerprint density at radius 3 is 2.54 bits per heavy atom. The summed E-state index contributed by atoms with van der Waals surface area (Å²) in [6, 6.07) is 0. The molecular formula is C22H34O6. The molecule has 0 unspecified atom stereocenters. The van der Waals surface area contributed by atoms with Crippen molar-refractivity contribution in [2.75, 3.05) is 0 Å². The van der Waals surface area contributed by atoms with Crippen molar-refractivity contribution in [3.63, 3.8) is 0 Å². The lowest BCUT2D eigenvalue weighted by Crippen LogP contribution is -2.25. The zero-order valence-corrected chi connectivity index (χ0v) is 16.6. The summed E-state index contributed by atoms with van der Waals surface area (Å²) in [5, 5.41) is 38.8. The Bertz CT molecular complexity index is 551. The average molecular weight is 395 g/mol. The van der Waals surface area contributed by atoms with E-state index in [-0.39, 0.29) is 6.42 Å². The van der Waals surface area contributed by atoms with Gasteiger partial charge in [0.15, 0.2) is 0 Å². The first-order valence-corrected chi connectivity index (χ1v) is 9.98. The number of carbonyl (C=O) groups is 1. The molecule has 0 saturated carbocycles. The summed E-state index contributed by atoms with van der Waals surface area (Å²) < 4.78 is 5.72. The molecule has 0 aromatic rings. The van der Waals surface area contributed by atoms with Crippen LogP contribution in [0.1, 0.15) is 51.9 Å². The summed E-state index contributed by atoms with van der Waals surface area (Å²) in [5.41, 5.74) is 0. The van der Waals surface area contributed by atoms with E-state index < -0.39 is 36.5 Å². The molecule has 0 bridgehead atoms. The lowest BCUT2D eigenvalue weighted by molar-refractivity contribution is -0.136. The van der Waals surface area contributed by atoms with Crippen molar-refractivity contribution in [3.8, 4) is 0 Å². The van der Waals surface area contributed by atoms with Gasteiger partial charge in [0.05, 0.1) is 24.4 Å².